The van der Waals surface area contributed by atoms with Gasteiger partial charge in [0.05, 0.1) is 37.1 Å². The number of amides is 2. The van der Waals surface area contributed by atoms with Crippen molar-refractivity contribution in [2.45, 2.75) is 39.5 Å². The lowest BCUT2D eigenvalue weighted by Crippen LogP contribution is -2.43. The van der Waals surface area contributed by atoms with Gasteiger partial charge in [-0.25, -0.2) is 10.4 Å². The van der Waals surface area contributed by atoms with E-state index >= 15 is 0 Å². The van der Waals surface area contributed by atoms with E-state index in [4.69, 9.17) is 0 Å². The Morgan fingerprint density at radius 2 is 1.85 bits per heavy atom. The minimum Gasteiger partial charge on any atom is -0.323 e. The molecule has 0 aliphatic heterocycles. The normalized spacial score (nSPS) is 12.3. The van der Waals surface area contributed by atoms with Crippen molar-refractivity contribution in [3.05, 3.63) is 73.7 Å². The van der Waals surface area contributed by atoms with Crippen LogP contribution < -0.4 is 16.3 Å². The fourth-order valence-electron chi connectivity index (χ4n) is 3.92. The fourth-order valence-corrected chi connectivity index (χ4v) is 3.92. The number of para-hydroxylation sites is 1. The van der Waals surface area contributed by atoms with Gasteiger partial charge in [-0.05, 0) is 29.5 Å². The van der Waals surface area contributed by atoms with Crippen molar-refractivity contribution in [3.8, 4) is 0 Å². The van der Waals surface area contributed by atoms with Crippen LogP contribution in [0, 0.1) is 17.0 Å². The number of hydrazone groups is 1. The van der Waals surface area contributed by atoms with Crippen LogP contribution in [-0.2, 0) is 21.4 Å². The zero-order chi connectivity index (χ0) is 29.1. The van der Waals surface area contributed by atoms with Crippen LogP contribution in [0.1, 0.15) is 37.6 Å². The Kier molecular flexibility index (Phi) is 8.30. The molecule has 0 spiro atoms. The zero-order valence-electron chi connectivity index (χ0n) is 23.2. The molecule has 0 atom stereocenters. The van der Waals surface area contributed by atoms with Crippen molar-refractivity contribution in [3.63, 3.8) is 0 Å². The lowest BCUT2D eigenvalue weighted by Gasteiger charge is -2.24. The van der Waals surface area contributed by atoms with Crippen LogP contribution >= 0.6 is 0 Å². The summed E-state index contributed by atoms with van der Waals surface area (Å²) in [5.74, 6) is -1.02. The molecule has 2 amide bonds. The number of hydrogen-bond donors (Lipinski definition) is 3. The van der Waals surface area contributed by atoms with Crippen molar-refractivity contribution < 1.29 is 19.0 Å². The molecular weight excluding hydrogens is 502 g/mol. The Labute approximate surface area is 225 Å². The molecule has 0 saturated carbocycles. The van der Waals surface area contributed by atoms with Gasteiger partial charge in [0.2, 0.25) is 0 Å². The second kappa shape index (κ2) is 11.1. The maximum Gasteiger partial charge on any atom is 0.295 e. The molecular formula is C27H34N7O5+. The zero-order valence-corrected chi connectivity index (χ0v) is 23.2. The third-order valence-corrected chi connectivity index (χ3v) is 5.81. The van der Waals surface area contributed by atoms with Crippen LogP contribution in [0.5, 0.6) is 0 Å². The van der Waals surface area contributed by atoms with Crippen LogP contribution in [0.2, 0.25) is 0 Å². The highest BCUT2D eigenvalue weighted by molar-refractivity contribution is 6.43. The first-order valence-corrected chi connectivity index (χ1v) is 12.3. The lowest BCUT2D eigenvalue weighted by molar-refractivity contribution is -0.862. The summed E-state index contributed by atoms with van der Waals surface area (Å²) in [6.07, 6.45) is -0.296. The van der Waals surface area contributed by atoms with Gasteiger partial charge < -0.3 is 14.8 Å². The minimum atomic E-state index is -0.632. The lowest BCUT2D eigenvalue weighted by atomic mass is 9.84. The molecule has 12 nitrogen and oxygen atoms in total. The molecule has 2 aromatic carbocycles. The van der Waals surface area contributed by atoms with E-state index in [2.05, 4.69) is 25.8 Å². The van der Waals surface area contributed by atoms with Gasteiger partial charge in [-0.3, -0.25) is 24.5 Å². The van der Waals surface area contributed by atoms with E-state index in [1.165, 1.54) is 18.2 Å². The van der Waals surface area contributed by atoms with Crippen LogP contribution in [0.4, 0.5) is 11.4 Å². The van der Waals surface area contributed by atoms with Crippen LogP contribution in [0.25, 0.3) is 11.0 Å². The number of likely N-dealkylation sites (N-methyl/N-ethyl adjacent to an activating group) is 1. The van der Waals surface area contributed by atoms with Crippen molar-refractivity contribution in [1.29, 1.82) is 0 Å². The number of quaternary nitrogens is 1. The van der Waals surface area contributed by atoms with Crippen molar-refractivity contribution in [2.24, 2.45) is 5.10 Å². The predicted molar refractivity (Wildman–Crippen MR) is 150 cm³/mol. The molecule has 0 aliphatic rings. The topological polar surface area (TPSA) is 159 Å². The number of aromatic amines is 1. The van der Waals surface area contributed by atoms with Gasteiger partial charge in [0.1, 0.15) is 11.4 Å². The number of anilines is 1. The number of nitrogens with zero attached hydrogens (tertiary/aromatic N) is 4. The highest BCUT2D eigenvalue weighted by Crippen LogP contribution is 2.32. The standard InChI is InChI=1S/C27H33N7O5/c1-16-9-8-10-18(27(2,3)4)24(16)30-26(37)22(31-32-23(35)15-34(5,6)7)14-21-25(36)29-20-13-17(33(38)39)11-12-19(20)28-21/h8-13H,14-15H2,1-7H3,(H2-,29,30,32,35,36,37)/p+1. The highest BCUT2D eigenvalue weighted by atomic mass is 16.6. The number of aryl methyl sites for hydroxylation is 1. The maximum absolute atomic E-state index is 13.5. The summed E-state index contributed by atoms with van der Waals surface area (Å²) in [4.78, 5) is 56.2. The molecule has 3 N–H and O–H groups in total. The number of nitro benzene ring substituents is 1. The number of carbonyl (C=O) groups is 2. The largest absolute Gasteiger partial charge is 0.323 e. The quantitative estimate of drug-likeness (QED) is 0.174. The number of benzene rings is 2. The van der Waals surface area contributed by atoms with Crippen LogP contribution in [-0.4, -0.2) is 64.6 Å². The van der Waals surface area contributed by atoms with E-state index in [0.717, 1.165) is 11.1 Å². The van der Waals surface area contributed by atoms with Gasteiger partial charge in [0.15, 0.2) is 6.54 Å². The number of aromatic nitrogens is 2. The Morgan fingerprint density at radius 3 is 2.46 bits per heavy atom. The van der Waals surface area contributed by atoms with E-state index < -0.39 is 22.3 Å². The number of fused-ring (bicyclic) bond motifs is 1. The molecule has 0 radical (unpaired) electrons. The average Bonchev–Trinajstić information content (AvgIpc) is 2.80. The summed E-state index contributed by atoms with van der Waals surface area (Å²) in [6.45, 7) is 8.07. The van der Waals surface area contributed by atoms with E-state index in [0.29, 0.717) is 15.7 Å². The van der Waals surface area contributed by atoms with Gasteiger partial charge in [-0.2, -0.15) is 5.10 Å². The summed E-state index contributed by atoms with van der Waals surface area (Å²) < 4.78 is 0.346. The number of nitrogens with one attached hydrogen (secondary N) is 3. The molecule has 0 bridgehead atoms. The smallest absolute Gasteiger partial charge is 0.295 e. The summed E-state index contributed by atoms with van der Waals surface area (Å²) in [7, 11) is 5.52. The minimum absolute atomic E-state index is 0.0352. The molecule has 1 aromatic heterocycles. The predicted octanol–water partition coefficient (Wildman–Crippen LogP) is 2.80. The van der Waals surface area contributed by atoms with E-state index in [1.54, 1.807) is 0 Å². The number of rotatable bonds is 8. The first-order chi connectivity index (χ1) is 18.0. The number of H-pyrrole nitrogens is 1. The first-order valence-electron chi connectivity index (χ1n) is 12.3. The summed E-state index contributed by atoms with van der Waals surface area (Å²) >= 11 is 0. The van der Waals surface area contributed by atoms with E-state index in [-0.39, 0.29) is 41.0 Å². The molecule has 0 saturated heterocycles. The van der Waals surface area contributed by atoms with Crippen LogP contribution in [0.3, 0.4) is 0 Å². The third-order valence-electron chi connectivity index (χ3n) is 5.81. The second-order valence-electron chi connectivity index (χ2n) is 11.4. The molecule has 0 fully saturated rings. The van der Waals surface area contributed by atoms with Gasteiger partial charge in [-0.15, -0.1) is 0 Å². The Hall–Kier alpha value is -4.45. The summed E-state index contributed by atoms with van der Waals surface area (Å²) in [6, 6.07) is 9.61. The average molecular weight is 537 g/mol. The summed E-state index contributed by atoms with van der Waals surface area (Å²) in [5, 5.41) is 18.1. The molecule has 0 aliphatic carbocycles. The van der Waals surface area contributed by atoms with Crippen LogP contribution in [0.15, 0.2) is 46.3 Å². The van der Waals surface area contributed by atoms with Crippen molar-refractivity contribution >= 4 is 39.9 Å². The SMILES string of the molecule is Cc1cccc(C(C)(C)C)c1NC(=O)/C(Cc1nc2ccc([N+](=O)[O-])cc2[nH]c1=O)=N/NC(=O)C[N+](C)(C)C. The van der Waals surface area contributed by atoms with Gasteiger partial charge in [0.25, 0.3) is 23.1 Å². The van der Waals surface area contributed by atoms with Crippen molar-refractivity contribution in [2.75, 3.05) is 33.0 Å². The van der Waals surface area contributed by atoms with Crippen molar-refractivity contribution in [1.82, 2.24) is 15.4 Å². The molecule has 206 valence electrons. The van der Waals surface area contributed by atoms with Gasteiger partial charge in [-0.1, -0.05) is 39.0 Å². The fraction of sp³-hybridized carbons (Fsp3) is 0.370. The third kappa shape index (κ3) is 7.54. The number of non-ortho nitro benzene ring substituents is 1. The van der Waals surface area contributed by atoms with Gasteiger partial charge in [0, 0.05) is 24.2 Å². The first kappa shape index (κ1) is 29.1. The number of carbonyl (C=O) groups excluding carboxylic acids is 2. The molecule has 3 aromatic rings. The monoisotopic (exact) mass is 536 g/mol. The summed E-state index contributed by atoms with van der Waals surface area (Å²) in [5.41, 5.74) is 4.01. The second-order valence-corrected chi connectivity index (χ2v) is 11.4. The molecule has 12 heteroatoms. The molecule has 39 heavy (non-hydrogen) atoms. The molecule has 0 unspecified atom stereocenters. The van der Waals surface area contributed by atoms with E-state index in [9.17, 15) is 24.5 Å². The van der Waals surface area contributed by atoms with E-state index in [1.807, 2.05) is 67.0 Å². The molecule has 1 heterocycles. The Morgan fingerprint density at radius 1 is 1.15 bits per heavy atom. The maximum atomic E-state index is 13.5. The highest BCUT2D eigenvalue weighted by Gasteiger charge is 2.24. The number of nitro groups is 1. The number of hydrogen-bond acceptors (Lipinski definition) is 7. The molecule has 3 rings (SSSR count). The van der Waals surface area contributed by atoms with Gasteiger partial charge >= 0.3 is 0 Å². The Bertz CT molecular complexity index is 1530. The Balaban J connectivity index is 2.01.